The van der Waals surface area contributed by atoms with Gasteiger partial charge in [-0.3, -0.25) is 0 Å². The van der Waals surface area contributed by atoms with Crippen molar-refractivity contribution in [3.8, 4) is 0 Å². The Hall–Kier alpha value is -1.43. The van der Waals surface area contributed by atoms with E-state index in [4.69, 9.17) is 9.84 Å². The average Bonchev–Trinajstić information content (AvgIpc) is 2.69. The van der Waals surface area contributed by atoms with Gasteiger partial charge in [0.15, 0.2) is 5.69 Å². The highest BCUT2D eigenvalue weighted by Gasteiger charge is 2.16. The Morgan fingerprint density at radius 3 is 2.94 bits per heavy atom. The van der Waals surface area contributed by atoms with E-state index in [0.717, 1.165) is 18.9 Å². The minimum absolute atomic E-state index is 0.0283. The molecule has 0 bridgehead atoms. The predicted molar refractivity (Wildman–Crippen MR) is 59.8 cm³/mol. The van der Waals surface area contributed by atoms with Crippen molar-refractivity contribution in [2.45, 2.75) is 32.2 Å². The van der Waals surface area contributed by atoms with E-state index in [2.05, 4.69) is 10.3 Å². The van der Waals surface area contributed by atoms with E-state index in [-0.39, 0.29) is 5.69 Å². The fourth-order valence-electron chi connectivity index (χ4n) is 1.80. The highest BCUT2D eigenvalue weighted by molar-refractivity contribution is 5.84. The number of hydrogen-bond donors (Lipinski definition) is 1. The van der Waals surface area contributed by atoms with Crippen LogP contribution in [0.25, 0.3) is 0 Å². The largest absolute Gasteiger partial charge is 0.476 e. The molecule has 1 saturated carbocycles. The molecule has 0 aromatic carbocycles. The van der Waals surface area contributed by atoms with Crippen LogP contribution in [0.1, 0.15) is 36.2 Å². The number of rotatable bonds is 7. The Balaban J connectivity index is 1.58. The van der Waals surface area contributed by atoms with Gasteiger partial charge in [-0.15, -0.1) is 5.10 Å². The summed E-state index contributed by atoms with van der Waals surface area (Å²) in [4.78, 5) is 10.6. The lowest BCUT2D eigenvalue weighted by Gasteiger charge is -2.24. The number of carboxylic acids is 1. The Morgan fingerprint density at radius 2 is 2.35 bits per heavy atom. The van der Waals surface area contributed by atoms with Crippen LogP contribution in [0.2, 0.25) is 0 Å². The maximum atomic E-state index is 10.6. The first-order valence-electron chi connectivity index (χ1n) is 5.97. The summed E-state index contributed by atoms with van der Waals surface area (Å²) in [5, 5.41) is 15.9. The molecule has 94 valence electrons. The third kappa shape index (κ3) is 3.52. The van der Waals surface area contributed by atoms with Gasteiger partial charge in [-0.1, -0.05) is 24.5 Å². The van der Waals surface area contributed by atoms with Gasteiger partial charge in [0.25, 0.3) is 0 Å². The molecule has 1 aliphatic rings. The fourth-order valence-corrected chi connectivity index (χ4v) is 1.80. The van der Waals surface area contributed by atoms with Crippen molar-refractivity contribution in [2.24, 2.45) is 5.92 Å². The van der Waals surface area contributed by atoms with Gasteiger partial charge in [0.05, 0.1) is 19.3 Å². The van der Waals surface area contributed by atoms with Crippen LogP contribution in [-0.4, -0.2) is 39.3 Å². The third-order valence-electron chi connectivity index (χ3n) is 3.12. The molecular weight excluding hydrogens is 222 g/mol. The number of hydrogen-bond acceptors (Lipinski definition) is 4. The van der Waals surface area contributed by atoms with Crippen molar-refractivity contribution in [1.82, 2.24) is 15.0 Å². The zero-order chi connectivity index (χ0) is 12.1. The molecule has 17 heavy (non-hydrogen) atoms. The molecule has 1 N–H and O–H groups in total. The van der Waals surface area contributed by atoms with E-state index in [1.165, 1.54) is 30.1 Å². The molecule has 0 amide bonds. The van der Waals surface area contributed by atoms with E-state index in [1.807, 2.05) is 0 Å². The van der Waals surface area contributed by atoms with Gasteiger partial charge in [-0.25, -0.2) is 9.48 Å². The second kappa shape index (κ2) is 5.77. The molecule has 1 aliphatic carbocycles. The van der Waals surface area contributed by atoms with Crippen LogP contribution in [-0.2, 0) is 11.3 Å². The summed E-state index contributed by atoms with van der Waals surface area (Å²) in [6.45, 7) is 1.88. The number of ether oxygens (including phenoxy) is 1. The monoisotopic (exact) mass is 239 g/mol. The number of carboxylic acid groups (broad SMARTS) is 1. The highest BCUT2D eigenvalue weighted by Crippen LogP contribution is 2.28. The lowest BCUT2D eigenvalue weighted by atomic mass is 9.83. The normalized spacial score (nSPS) is 15.8. The van der Waals surface area contributed by atoms with Crippen molar-refractivity contribution < 1.29 is 14.6 Å². The quantitative estimate of drug-likeness (QED) is 0.723. The number of carbonyl (C=O) groups is 1. The molecule has 1 aromatic heterocycles. The molecule has 0 radical (unpaired) electrons. The summed E-state index contributed by atoms with van der Waals surface area (Å²) < 4.78 is 6.97. The first kappa shape index (κ1) is 12.0. The van der Waals surface area contributed by atoms with Crippen LogP contribution in [0.5, 0.6) is 0 Å². The Morgan fingerprint density at radius 1 is 1.53 bits per heavy atom. The van der Waals surface area contributed by atoms with Crippen molar-refractivity contribution >= 4 is 5.97 Å². The van der Waals surface area contributed by atoms with Gasteiger partial charge in [0, 0.05) is 6.61 Å². The molecule has 0 unspecified atom stereocenters. The lowest BCUT2D eigenvalue weighted by Crippen LogP contribution is -2.15. The van der Waals surface area contributed by atoms with Crippen LogP contribution >= 0.6 is 0 Å². The molecule has 6 nitrogen and oxygen atoms in total. The first-order valence-corrected chi connectivity index (χ1v) is 5.97. The molecule has 2 rings (SSSR count). The summed E-state index contributed by atoms with van der Waals surface area (Å²) in [6.07, 6.45) is 6.60. The maximum Gasteiger partial charge on any atom is 0.358 e. The van der Waals surface area contributed by atoms with Gasteiger partial charge < -0.3 is 9.84 Å². The molecule has 0 aliphatic heterocycles. The second-order valence-electron chi connectivity index (χ2n) is 4.37. The molecule has 6 heteroatoms. The highest BCUT2D eigenvalue weighted by atomic mass is 16.5. The van der Waals surface area contributed by atoms with E-state index in [0.29, 0.717) is 13.2 Å². The number of nitrogens with zero attached hydrogens (tertiary/aromatic N) is 3. The van der Waals surface area contributed by atoms with Gasteiger partial charge in [-0.2, -0.15) is 0 Å². The molecule has 1 fully saturated rings. The van der Waals surface area contributed by atoms with Crippen molar-refractivity contribution in [2.75, 3.05) is 13.2 Å². The molecule has 0 spiro atoms. The average molecular weight is 239 g/mol. The topological polar surface area (TPSA) is 77.2 Å². The van der Waals surface area contributed by atoms with Gasteiger partial charge in [-0.05, 0) is 12.3 Å². The third-order valence-corrected chi connectivity index (χ3v) is 3.12. The van der Waals surface area contributed by atoms with E-state index in [9.17, 15) is 4.79 Å². The standard InChI is InChI=1S/C11H17N3O3/c15-11(16)10-8-14(13-12-10)5-7-17-6-4-9-2-1-3-9/h8-9H,1-7H2,(H,15,16). The Kier molecular flexibility index (Phi) is 4.08. The smallest absolute Gasteiger partial charge is 0.358 e. The molecule has 0 atom stereocenters. The lowest BCUT2D eigenvalue weighted by molar-refractivity contribution is 0.0690. The van der Waals surface area contributed by atoms with Crippen LogP contribution in [0.3, 0.4) is 0 Å². The molecule has 0 saturated heterocycles. The molecular formula is C11H17N3O3. The Bertz CT molecular complexity index is 374. The van der Waals surface area contributed by atoms with Gasteiger partial charge >= 0.3 is 5.97 Å². The van der Waals surface area contributed by atoms with Gasteiger partial charge in [0.1, 0.15) is 0 Å². The number of aromatic carboxylic acids is 1. The zero-order valence-corrected chi connectivity index (χ0v) is 9.71. The van der Waals surface area contributed by atoms with Crippen molar-refractivity contribution in [3.63, 3.8) is 0 Å². The summed E-state index contributed by atoms with van der Waals surface area (Å²) in [6, 6.07) is 0. The number of aromatic nitrogens is 3. The SMILES string of the molecule is O=C(O)c1cn(CCOCCC2CCC2)nn1. The summed E-state index contributed by atoms with van der Waals surface area (Å²) in [7, 11) is 0. The summed E-state index contributed by atoms with van der Waals surface area (Å²) in [5.74, 6) is -0.192. The van der Waals surface area contributed by atoms with E-state index >= 15 is 0 Å². The molecule has 1 aromatic rings. The first-order chi connectivity index (χ1) is 8.25. The Labute approximate surface area is 99.6 Å². The van der Waals surface area contributed by atoms with E-state index < -0.39 is 5.97 Å². The van der Waals surface area contributed by atoms with Crippen molar-refractivity contribution in [1.29, 1.82) is 0 Å². The predicted octanol–water partition coefficient (Wildman–Crippen LogP) is 1.18. The van der Waals surface area contributed by atoms with Gasteiger partial charge in [0.2, 0.25) is 0 Å². The van der Waals surface area contributed by atoms with Crippen LogP contribution in [0.4, 0.5) is 0 Å². The molecule has 1 heterocycles. The minimum Gasteiger partial charge on any atom is -0.476 e. The summed E-state index contributed by atoms with van der Waals surface area (Å²) >= 11 is 0. The van der Waals surface area contributed by atoms with Crippen LogP contribution in [0, 0.1) is 5.92 Å². The zero-order valence-electron chi connectivity index (χ0n) is 9.71. The minimum atomic E-state index is -1.05. The van der Waals surface area contributed by atoms with E-state index in [1.54, 1.807) is 0 Å². The van der Waals surface area contributed by atoms with Crippen LogP contribution < -0.4 is 0 Å². The maximum absolute atomic E-state index is 10.6. The van der Waals surface area contributed by atoms with Crippen LogP contribution in [0.15, 0.2) is 6.20 Å². The fraction of sp³-hybridized carbons (Fsp3) is 0.727. The summed E-state index contributed by atoms with van der Waals surface area (Å²) in [5.41, 5.74) is -0.0283. The van der Waals surface area contributed by atoms with Crippen molar-refractivity contribution in [3.05, 3.63) is 11.9 Å². The second-order valence-corrected chi connectivity index (χ2v) is 4.37.